The first-order chi connectivity index (χ1) is 43.1. The van der Waals surface area contributed by atoms with E-state index in [1.165, 1.54) is 65.3 Å². The number of carbonyl (C=O) groups excluding carboxylic acids is 8. The molecule has 5 heterocycles. The number of carboxylic acid groups (broad SMARTS) is 1. The first-order valence-electron chi connectivity index (χ1n) is 30.1. The van der Waals surface area contributed by atoms with Crippen LogP contribution in [-0.4, -0.2) is 180 Å². The third-order valence-electron chi connectivity index (χ3n) is 16.3. The Balaban J connectivity index is 0.869. The molecular weight excluding hydrogens is 1170 g/mol. The van der Waals surface area contributed by atoms with Gasteiger partial charge in [-0.15, -0.1) is 0 Å². The summed E-state index contributed by atoms with van der Waals surface area (Å²) in [5.41, 5.74) is 7.51. The number of hydrogen-bond acceptors (Lipinski definition) is 17. The highest BCUT2D eigenvalue weighted by Gasteiger charge is 2.48. The number of methoxy groups -OCH3 is 2. The van der Waals surface area contributed by atoms with Gasteiger partial charge in [-0.2, -0.15) is 0 Å². The lowest BCUT2D eigenvalue weighted by atomic mass is 10.0. The Kier molecular flexibility index (Phi) is 22.5. The molecule has 0 bridgehead atoms. The molecule has 0 saturated carbocycles. The third-order valence-corrected chi connectivity index (χ3v) is 16.3. The predicted octanol–water partition coefficient (Wildman–Crippen LogP) is 5.14. The monoisotopic (exact) mass is 1250 g/mol. The number of hydrogen-bond donors (Lipinski definition) is 8. The lowest BCUT2D eigenvalue weighted by Crippen LogP contribution is -2.53. The Morgan fingerprint density at radius 1 is 0.678 bits per heavy atom. The molecule has 3 aromatic carbocycles. The summed E-state index contributed by atoms with van der Waals surface area (Å²) < 4.78 is 29.3. The lowest BCUT2D eigenvalue weighted by molar-refractivity contribution is -0.137. The van der Waals surface area contributed by atoms with E-state index in [1.807, 2.05) is 13.8 Å². The highest BCUT2D eigenvalue weighted by Crippen LogP contribution is 2.44. The first-order valence-corrected chi connectivity index (χ1v) is 30.1. The molecule has 6 atom stereocenters. The summed E-state index contributed by atoms with van der Waals surface area (Å²) in [6, 6.07) is 8.00. The zero-order valence-corrected chi connectivity index (χ0v) is 51.0. The molecule has 27 heteroatoms. The van der Waals surface area contributed by atoms with Gasteiger partial charge in [-0.25, -0.2) is 24.2 Å². The van der Waals surface area contributed by atoms with Gasteiger partial charge >= 0.3 is 18.2 Å². The summed E-state index contributed by atoms with van der Waals surface area (Å²) in [6.07, 6.45) is 2.35. The van der Waals surface area contributed by atoms with Crippen molar-refractivity contribution in [3.63, 3.8) is 0 Å². The number of aliphatic hydroxyl groups excluding tert-OH is 2. The lowest BCUT2D eigenvalue weighted by Gasteiger charge is -2.31. The molecule has 90 heavy (non-hydrogen) atoms. The van der Waals surface area contributed by atoms with Crippen LogP contribution in [0.1, 0.15) is 111 Å². The minimum absolute atomic E-state index is 0.0105. The molecule has 0 aromatic heterocycles. The Bertz CT molecular complexity index is 3250. The second-order valence-corrected chi connectivity index (χ2v) is 23.0. The van der Waals surface area contributed by atoms with Crippen LogP contribution in [0, 0.1) is 5.92 Å². The smallest absolute Gasteiger partial charge is 0.416 e. The van der Waals surface area contributed by atoms with Crippen LogP contribution in [0.4, 0.5) is 31.4 Å². The molecule has 2 saturated heterocycles. The summed E-state index contributed by atoms with van der Waals surface area (Å²) in [4.78, 5) is 123. The van der Waals surface area contributed by atoms with Crippen LogP contribution >= 0.6 is 0 Å². The van der Waals surface area contributed by atoms with Crippen LogP contribution in [0.2, 0.25) is 0 Å². The van der Waals surface area contributed by atoms with Gasteiger partial charge in [0.1, 0.15) is 12.6 Å². The van der Waals surface area contributed by atoms with E-state index in [9.17, 15) is 58.5 Å². The zero-order chi connectivity index (χ0) is 64.9. The number of primary amides is 1. The average Bonchev–Trinajstić information content (AvgIpc) is 1.63. The molecule has 0 spiro atoms. The molecule has 9 N–H and O–H groups in total. The Hall–Kier alpha value is -9.21. The molecule has 484 valence electrons. The van der Waals surface area contributed by atoms with Crippen molar-refractivity contribution in [2.75, 3.05) is 75.3 Å². The predicted molar refractivity (Wildman–Crippen MR) is 328 cm³/mol. The van der Waals surface area contributed by atoms with Crippen molar-refractivity contribution < 1.29 is 82.2 Å². The average molecular weight is 1250 g/mol. The normalized spacial score (nSPS) is 19.2. The number of ether oxygens (including phenoxy) is 5. The van der Waals surface area contributed by atoms with Gasteiger partial charge in [0.25, 0.3) is 23.6 Å². The molecule has 5 aliphatic heterocycles. The standard InChI is InChI=1S/C63H80N10O17/c1-36(2)54(65-22-10-7-8-11-24-69-52(74)20-21-53(69)75)56(77)68-43(15-14-23-66-61(64)82)55(76)67-40-18-16-39(17-19-40)35-90-63(85)73-45-32-51(49(87-6)30-42(45)58(79)71-34-38(4)28-47(71)60(73)81)89-26-13-9-12-25-88-50-31-44-41(29-48(50)86-5)57(78)70-33-37(3)27-46(70)59(80)72(44)62(83)84/h16-21,29-32,36,43,46-47,54,59-60,65,80-81H,3-4,7-15,22-28,33-35H2,1-2,5-6H3,(H,67,76)(H,68,77)(H,83,84)(H3,64,66,82)/t43-,46-,47-,54-,59-,60-/m0/s1. The van der Waals surface area contributed by atoms with Gasteiger partial charge in [0.15, 0.2) is 35.5 Å². The minimum atomic E-state index is -1.58. The highest BCUT2D eigenvalue weighted by molar-refractivity contribution is 6.13. The molecule has 0 radical (unpaired) electrons. The molecular formula is C63H80N10O17. The summed E-state index contributed by atoms with van der Waals surface area (Å²) >= 11 is 0. The van der Waals surface area contributed by atoms with E-state index >= 15 is 0 Å². The molecule has 0 unspecified atom stereocenters. The summed E-state index contributed by atoms with van der Waals surface area (Å²) in [6.45, 7) is 13.1. The Labute approximate surface area is 521 Å². The quantitative estimate of drug-likeness (QED) is 0.0253. The topological polar surface area (TPSA) is 351 Å². The molecule has 27 nitrogen and oxygen atoms in total. The van der Waals surface area contributed by atoms with E-state index < -0.39 is 78.5 Å². The van der Waals surface area contributed by atoms with Gasteiger partial charge in [-0.3, -0.25) is 33.7 Å². The maximum absolute atomic E-state index is 14.3. The van der Waals surface area contributed by atoms with Crippen molar-refractivity contribution in [3.05, 3.63) is 102 Å². The number of carbonyl (C=O) groups is 9. The molecule has 8 rings (SSSR count). The van der Waals surface area contributed by atoms with Crippen molar-refractivity contribution in [2.45, 2.75) is 128 Å². The van der Waals surface area contributed by atoms with Crippen LogP contribution < -0.4 is 55.7 Å². The second-order valence-electron chi connectivity index (χ2n) is 23.0. The summed E-state index contributed by atoms with van der Waals surface area (Å²) in [5.74, 6) is -1.94. The number of benzene rings is 3. The molecule has 0 aliphatic carbocycles. The van der Waals surface area contributed by atoms with Crippen molar-refractivity contribution in [3.8, 4) is 23.0 Å². The number of unbranched alkanes of at least 4 members (excludes halogenated alkanes) is 5. The number of anilines is 3. The second kappa shape index (κ2) is 30.3. The van der Waals surface area contributed by atoms with Gasteiger partial charge < -0.3 is 75.8 Å². The van der Waals surface area contributed by atoms with E-state index in [0.29, 0.717) is 67.6 Å². The number of nitrogens with one attached hydrogen (secondary N) is 4. The summed E-state index contributed by atoms with van der Waals surface area (Å²) in [7, 11) is 2.80. The Morgan fingerprint density at radius 2 is 1.21 bits per heavy atom. The number of rotatable bonds is 29. The number of aliphatic hydroxyl groups is 2. The van der Waals surface area contributed by atoms with E-state index in [0.717, 1.165) is 29.1 Å². The first kappa shape index (κ1) is 66.7. The largest absolute Gasteiger partial charge is 0.493 e. The van der Waals surface area contributed by atoms with Crippen molar-refractivity contribution >= 4 is 70.7 Å². The number of nitrogens with zero attached hydrogens (tertiary/aromatic N) is 5. The zero-order valence-electron chi connectivity index (χ0n) is 51.0. The van der Waals surface area contributed by atoms with Crippen LogP contribution in [0.25, 0.3) is 0 Å². The number of nitrogens with two attached hydrogens (primary N) is 1. The summed E-state index contributed by atoms with van der Waals surface area (Å²) in [5, 5.41) is 44.9. The van der Waals surface area contributed by atoms with E-state index in [2.05, 4.69) is 34.4 Å². The number of urea groups is 1. The fourth-order valence-corrected chi connectivity index (χ4v) is 11.6. The Morgan fingerprint density at radius 3 is 1.74 bits per heavy atom. The van der Waals surface area contributed by atoms with Crippen molar-refractivity contribution in [2.24, 2.45) is 11.7 Å². The van der Waals surface area contributed by atoms with E-state index in [4.69, 9.17) is 29.4 Å². The minimum Gasteiger partial charge on any atom is -0.493 e. The third kappa shape index (κ3) is 15.8. The fourth-order valence-electron chi connectivity index (χ4n) is 11.6. The maximum atomic E-state index is 14.3. The number of fused-ring (bicyclic) bond motifs is 4. The molecule has 3 aromatic rings. The van der Waals surface area contributed by atoms with Gasteiger partial charge in [0.05, 0.1) is 68.1 Å². The molecule has 10 amide bonds. The van der Waals surface area contributed by atoms with Gasteiger partial charge in [-0.1, -0.05) is 63.1 Å². The van der Waals surface area contributed by atoms with Crippen LogP contribution in [0.5, 0.6) is 23.0 Å². The maximum Gasteiger partial charge on any atom is 0.416 e. The SMILES string of the molecule is C=C1C[C@H]2[C@H](O)N(C(=O)O)c3cc(OCCCCCOc4cc5c(cc4OC)C(=O)N4CC(=C)C[C@H]4[C@H](O)N5C(=O)OCc4ccc(NC(=O)[C@H](CCCNC(N)=O)NC(=O)[C@@H](NCCCCCCN5C(=O)C=CC5=O)C(C)C)cc4)c(OC)cc3C(=O)N2C1. The van der Waals surface area contributed by atoms with Crippen LogP contribution in [-0.2, 0) is 30.5 Å². The fraction of sp³-hybridized carbons (Fsp3) is 0.476. The van der Waals surface area contributed by atoms with Gasteiger partial charge in [0, 0.05) is 56.2 Å². The van der Waals surface area contributed by atoms with Gasteiger partial charge in [0.2, 0.25) is 11.8 Å². The highest BCUT2D eigenvalue weighted by atomic mass is 16.6. The van der Waals surface area contributed by atoms with Crippen LogP contribution in [0.15, 0.2) is 85.0 Å². The van der Waals surface area contributed by atoms with Crippen molar-refractivity contribution in [1.82, 2.24) is 30.7 Å². The number of amides is 10. The number of imide groups is 1. The van der Waals surface area contributed by atoms with Crippen LogP contribution in [0.3, 0.4) is 0 Å². The van der Waals surface area contributed by atoms with E-state index in [-0.39, 0.29) is 122 Å². The molecule has 5 aliphatic rings. The molecule has 2 fully saturated rings. The van der Waals surface area contributed by atoms with E-state index in [1.54, 1.807) is 24.3 Å². The van der Waals surface area contributed by atoms with Gasteiger partial charge in [-0.05, 0) is 100 Å². The van der Waals surface area contributed by atoms with Crippen molar-refractivity contribution in [1.29, 1.82) is 0 Å².